The van der Waals surface area contributed by atoms with Crippen LogP contribution in [0.5, 0.6) is 0 Å². The van der Waals surface area contributed by atoms with E-state index in [-0.39, 0.29) is 11.4 Å². The lowest BCUT2D eigenvalue weighted by molar-refractivity contribution is -0.0238. The summed E-state index contributed by atoms with van der Waals surface area (Å²) < 4.78 is 5.16. The molecular formula is C9H13N3O6. The Morgan fingerprint density at radius 1 is 1.22 bits per heavy atom. The van der Waals surface area contributed by atoms with E-state index in [1.165, 1.54) is 0 Å². The van der Waals surface area contributed by atoms with Gasteiger partial charge in [0.1, 0.15) is 30.1 Å². The van der Waals surface area contributed by atoms with E-state index in [1.54, 1.807) is 0 Å². The van der Waals surface area contributed by atoms with E-state index in [9.17, 15) is 19.8 Å². The Balaban J connectivity index is 2.45. The van der Waals surface area contributed by atoms with Gasteiger partial charge >= 0.3 is 5.69 Å². The Bertz CT molecular complexity index is 552. The number of anilines is 1. The first-order valence-corrected chi connectivity index (χ1v) is 5.20. The molecule has 9 nitrogen and oxygen atoms in total. The predicted octanol–water partition coefficient (Wildman–Crippen LogP) is -3.20. The number of rotatable bonds is 2. The van der Waals surface area contributed by atoms with Crippen LogP contribution in [0.2, 0.25) is 0 Å². The Morgan fingerprint density at radius 2 is 1.89 bits per heavy atom. The van der Waals surface area contributed by atoms with Crippen LogP contribution in [0.25, 0.3) is 0 Å². The van der Waals surface area contributed by atoms with Crippen molar-refractivity contribution in [2.24, 2.45) is 0 Å². The number of aliphatic hydroxyl groups is 3. The standard InChI is InChI=1S/C9H13N3O6/c10-3-4(11-9(17)12-8(3)16)7-6(15)5(14)2(1-13)18-7/h2,5-7,13-15H,1,10H2,(H2,11,12,16,17)/t2-,5-,6-,7?/m1/s1. The average Bonchev–Trinajstić information content (AvgIpc) is 2.61. The van der Waals surface area contributed by atoms with Gasteiger partial charge in [0.05, 0.1) is 12.3 Å². The van der Waals surface area contributed by atoms with E-state index in [0.29, 0.717) is 0 Å². The first-order chi connectivity index (χ1) is 8.45. The molecule has 18 heavy (non-hydrogen) atoms. The van der Waals surface area contributed by atoms with Crippen molar-refractivity contribution in [3.63, 3.8) is 0 Å². The molecule has 0 saturated carbocycles. The number of H-pyrrole nitrogens is 2. The van der Waals surface area contributed by atoms with Gasteiger partial charge in [0.15, 0.2) is 0 Å². The van der Waals surface area contributed by atoms with E-state index in [0.717, 1.165) is 0 Å². The minimum Gasteiger partial charge on any atom is -0.394 e. The Morgan fingerprint density at radius 3 is 2.44 bits per heavy atom. The maximum absolute atomic E-state index is 11.3. The summed E-state index contributed by atoms with van der Waals surface area (Å²) in [4.78, 5) is 26.6. The number of nitrogens with one attached hydrogen (secondary N) is 2. The van der Waals surface area contributed by atoms with Gasteiger partial charge in [-0.2, -0.15) is 0 Å². The summed E-state index contributed by atoms with van der Waals surface area (Å²) in [5.41, 5.74) is 3.42. The summed E-state index contributed by atoms with van der Waals surface area (Å²) in [6, 6.07) is 0. The molecule has 1 aromatic heterocycles. The molecule has 2 rings (SSSR count). The lowest BCUT2D eigenvalue weighted by atomic mass is 10.1. The van der Waals surface area contributed by atoms with Crippen LogP contribution in [0.3, 0.4) is 0 Å². The molecule has 0 aromatic carbocycles. The van der Waals surface area contributed by atoms with Crippen LogP contribution >= 0.6 is 0 Å². The Hall–Kier alpha value is -1.68. The summed E-state index contributed by atoms with van der Waals surface area (Å²) in [7, 11) is 0. The number of nitrogen functional groups attached to an aromatic ring is 1. The van der Waals surface area contributed by atoms with Gasteiger partial charge < -0.3 is 30.8 Å². The van der Waals surface area contributed by atoms with Crippen molar-refractivity contribution in [3.05, 3.63) is 26.5 Å². The number of ether oxygens (including phenoxy) is 1. The molecule has 0 spiro atoms. The molecule has 7 N–H and O–H groups in total. The van der Waals surface area contributed by atoms with Crippen LogP contribution in [0.1, 0.15) is 11.8 Å². The highest BCUT2D eigenvalue weighted by atomic mass is 16.6. The first kappa shape index (κ1) is 12.8. The normalized spacial score (nSPS) is 31.7. The van der Waals surface area contributed by atoms with Crippen LogP contribution in [-0.4, -0.2) is 50.2 Å². The third-order valence-electron chi connectivity index (χ3n) is 2.84. The fourth-order valence-corrected chi connectivity index (χ4v) is 1.88. The van der Waals surface area contributed by atoms with E-state index < -0.39 is 42.3 Å². The summed E-state index contributed by atoms with van der Waals surface area (Å²) >= 11 is 0. The molecule has 1 aliphatic heterocycles. The molecule has 100 valence electrons. The summed E-state index contributed by atoms with van der Waals surface area (Å²) in [6.07, 6.45) is -4.91. The van der Waals surface area contributed by atoms with Gasteiger partial charge in [0.2, 0.25) is 0 Å². The number of hydrogen-bond donors (Lipinski definition) is 6. The van der Waals surface area contributed by atoms with Crippen LogP contribution in [-0.2, 0) is 4.74 Å². The highest BCUT2D eigenvalue weighted by Gasteiger charge is 2.44. The second-order valence-corrected chi connectivity index (χ2v) is 3.99. The molecule has 1 unspecified atom stereocenters. The molecule has 2 heterocycles. The van der Waals surface area contributed by atoms with Crippen molar-refractivity contribution < 1.29 is 20.1 Å². The molecule has 0 bridgehead atoms. The molecule has 0 radical (unpaired) electrons. The van der Waals surface area contributed by atoms with E-state index in [1.807, 2.05) is 4.98 Å². The van der Waals surface area contributed by atoms with Gasteiger partial charge in [-0.15, -0.1) is 0 Å². The quantitative estimate of drug-likeness (QED) is 0.326. The molecule has 1 saturated heterocycles. The van der Waals surface area contributed by atoms with E-state index >= 15 is 0 Å². The van der Waals surface area contributed by atoms with Crippen molar-refractivity contribution in [1.29, 1.82) is 0 Å². The minimum atomic E-state index is -1.40. The van der Waals surface area contributed by atoms with E-state index in [2.05, 4.69) is 4.98 Å². The third-order valence-corrected chi connectivity index (χ3v) is 2.84. The van der Waals surface area contributed by atoms with Crippen LogP contribution < -0.4 is 17.0 Å². The minimum absolute atomic E-state index is 0.119. The highest BCUT2D eigenvalue weighted by molar-refractivity contribution is 5.42. The zero-order valence-electron chi connectivity index (χ0n) is 9.16. The van der Waals surface area contributed by atoms with Crippen molar-refractivity contribution in [2.75, 3.05) is 12.3 Å². The molecule has 1 fully saturated rings. The fraction of sp³-hybridized carbons (Fsp3) is 0.556. The zero-order chi connectivity index (χ0) is 13.4. The lowest BCUT2D eigenvalue weighted by Crippen LogP contribution is -2.34. The maximum Gasteiger partial charge on any atom is 0.326 e. The van der Waals surface area contributed by atoms with Gasteiger partial charge in [-0.25, -0.2) is 4.79 Å². The number of aromatic nitrogens is 2. The predicted molar refractivity (Wildman–Crippen MR) is 58.8 cm³/mol. The number of aromatic amines is 2. The van der Waals surface area contributed by atoms with Gasteiger partial charge in [-0.3, -0.25) is 9.78 Å². The molecule has 0 aliphatic carbocycles. The zero-order valence-corrected chi connectivity index (χ0v) is 9.16. The topological polar surface area (TPSA) is 162 Å². The Labute approximate surface area is 99.8 Å². The number of nitrogens with two attached hydrogens (primary N) is 1. The summed E-state index contributed by atoms with van der Waals surface area (Å²) in [6.45, 7) is -0.512. The van der Waals surface area contributed by atoms with Crippen LogP contribution in [0, 0.1) is 0 Å². The first-order valence-electron chi connectivity index (χ1n) is 5.20. The fourth-order valence-electron chi connectivity index (χ4n) is 1.88. The second kappa shape index (κ2) is 4.53. The molecular weight excluding hydrogens is 246 g/mol. The molecule has 4 atom stereocenters. The molecule has 9 heteroatoms. The van der Waals surface area contributed by atoms with Crippen molar-refractivity contribution in [3.8, 4) is 0 Å². The molecule has 1 aromatic rings. The van der Waals surface area contributed by atoms with Gasteiger partial charge in [-0.05, 0) is 0 Å². The summed E-state index contributed by atoms with van der Waals surface area (Å²) in [5.74, 6) is 0. The maximum atomic E-state index is 11.3. The largest absolute Gasteiger partial charge is 0.394 e. The van der Waals surface area contributed by atoms with Crippen molar-refractivity contribution in [1.82, 2.24) is 9.97 Å². The van der Waals surface area contributed by atoms with Crippen LogP contribution in [0.15, 0.2) is 9.59 Å². The summed E-state index contributed by atoms with van der Waals surface area (Å²) in [5, 5.41) is 28.2. The van der Waals surface area contributed by atoms with Crippen LogP contribution in [0.4, 0.5) is 5.69 Å². The third kappa shape index (κ3) is 1.93. The van der Waals surface area contributed by atoms with Crippen molar-refractivity contribution in [2.45, 2.75) is 24.4 Å². The highest BCUT2D eigenvalue weighted by Crippen LogP contribution is 2.33. The number of aliphatic hydroxyl groups excluding tert-OH is 3. The number of hydrogen-bond acceptors (Lipinski definition) is 7. The Kier molecular flexibility index (Phi) is 3.22. The van der Waals surface area contributed by atoms with Gasteiger partial charge in [0, 0.05) is 0 Å². The van der Waals surface area contributed by atoms with Crippen molar-refractivity contribution >= 4 is 5.69 Å². The lowest BCUT2D eigenvalue weighted by Gasteiger charge is -2.15. The van der Waals surface area contributed by atoms with Gasteiger partial charge in [-0.1, -0.05) is 0 Å². The second-order valence-electron chi connectivity index (χ2n) is 3.99. The molecule has 1 aliphatic rings. The smallest absolute Gasteiger partial charge is 0.326 e. The monoisotopic (exact) mass is 259 g/mol. The SMILES string of the molecule is Nc1c(C2O[C@H](CO)[C@@H](O)[C@H]2O)[nH]c(=O)[nH]c1=O. The van der Waals surface area contributed by atoms with E-state index in [4.69, 9.17) is 15.6 Å². The van der Waals surface area contributed by atoms with Gasteiger partial charge in [0.25, 0.3) is 5.56 Å². The molecule has 0 amide bonds. The average molecular weight is 259 g/mol.